The molecule has 2 unspecified atom stereocenters. The van der Waals surface area contributed by atoms with Crippen LogP contribution in [0.25, 0.3) is 0 Å². The molecule has 2 fully saturated rings. The largest absolute Gasteiger partial charge is 0.352 e. The van der Waals surface area contributed by atoms with Crippen molar-refractivity contribution in [1.29, 1.82) is 5.41 Å². The molecule has 0 saturated carbocycles. The third kappa shape index (κ3) is 2.94. The fraction of sp³-hybridized carbons (Fsp3) is 0.533. The highest BCUT2D eigenvalue weighted by Gasteiger charge is 2.27. The summed E-state index contributed by atoms with van der Waals surface area (Å²) in [5.74, 6) is 0.513. The first-order chi connectivity index (χ1) is 9.84. The predicted molar refractivity (Wildman–Crippen MR) is 81.2 cm³/mol. The van der Waals surface area contributed by atoms with Gasteiger partial charge >= 0.3 is 0 Å². The predicted octanol–water partition coefficient (Wildman–Crippen LogP) is 0.541. The minimum atomic E-state index is 0.353. The van der Waals surface area contributed by atoms with Gasteiger partial charge in [0.05, 0.1) is 6.04 Å². The lowest BCUT2D eigenvalue weighted by Crippen LogP contribution is -2.51. The second-order valence-electron chi connectivity index (χ2n) is 5.46. The van der Waals surface area contributed by atoms with Crippen LogP contribution in [0, 0.1) is 11.5 Å². The van der Waals surface area contributed by atoms with Crippen LogP contribution >= 0.6 is 0 Å². The molecule has 2 saturated heterocycles. The molecular weight excluding hydrogens is 250 g/mol. The molecule has 3 rings (SSSR count). The Morgan fingerprint density at radius 2 is 1.95 bits per heavy atom. The maximum absolute atomic E-state index is 8.46. The Hall–Kier alpha value is -1.59. The Labute approximate surface area is 120 Å². The Kier molecular flexibility index (Phi) is 4.18. The summed E-state index contributed by atoms with van der Waals surface area (Å²) in [5, 5.41) is 18.5. The minimum absolute atomic E-state index is 0.353. The van der Waals surface area contributed by atoms with Gasteiger partial charge in [-0.2, -0.15) is 0 Å². The quantitative estimate of drug-likeness (QED) is 0.479. The molecule has 0 aliphatic carbocycles. The number of benzene rings is 1. The summed E-state index contributed by atoms with van der Waals surface area (Å²) >= 11 is 0. The van der Waals surface area contributed by atoms with Crippen molar-refractivity contribution in [3.05, 3.63) is 30.3 Å². The molecule has 5 nitrogen and oxygen atoms in total. The number of nitrogens with one attached hydrogen (secondary N) is 4. The molecule has 0 spiro atoms. The zero-order valence-electron chi connectivity index (χ0n) is 11.7. The van der Waals surface area contributed by atoms with Crippen molar-refractivity contribution in [3.8, 4) is 0 Å². The Morgan fingerprint density at radius 1 is 1.20 bits per heavy atom. The van der Waals surface area contributed by atoms with Crippen LogP contribution in [-0.4, -0.2) is 44.2 Å². The van der Waals surface area contributed by atoms with Crippen molar-refractivity contribution in [1.82, 2.24) is 16.0 Å². The Bertz CT molecular complexity index is 435. The van der Waals surface area contributed by atoms with Crippen LogP contribution in [0.4, 0.5) is 5.69 Å². The van der Waals surface area contributed by atoms with Crippen molar-refractivity contribution < 1.29 is 0 Å². The van der Waals surface area contributed by atoms with Gasteiger partial charge in [-0.1, -0.05) is 12.1 Å². The average Bonchev–Trinajstić information content (AvgIpc) is 3.14. The molecule has 0 aromatic heterocycles. The van der Waals surface area contributed by atoms with Gasteiger partial charge < -0.3 is 20.9 Å². The number of nitrogens with zero attached hydrogens (tertiary/aromatic N) is 1. The lowest BCUT2D eigenvalue weighted by atomic mass is 10.2. The fourth-order valence-corrected chi connectivity index (χ4v) is 2.96. The molecular formula is C15H22N5. The monoisotopic (exact) mass is 272 g/mol. The molecule has 2 heterocycles. The molecule has 4 N–H and O–H groups in total. The summed E-state index contributed by atoms with van der Waals surface area (Å²) in [6, 6.07) is 11.7. The van der Waals surface area contributed by atoms with Crippen molar-refractivity contribution in [2.24, 2.45) is 0 Å². The van der Waals surface area contributed by atoms with E-state index in [1.54, 1.807) is 0 Å². The van der Waals surface area contributed by atoms with Crippen LogP contribution in [0.5, 0.6) is 0 Å². The van der Waals surface area contributed by atoms with Crippen molar-refractivity contribution >= 4 is 11.6 Å². The normalized spacial score (nSPS) is 25.6. The topological polar surface area (TPSA) is 63.2 Å². The van der Waals surface area contributed by atoms with Gasteiger partial charge in [-0.15, -0.1) is 0 Å². The first kappa shape index (κ1) is 13.4. The highest BCUT2D eigenvalue weighted by molar-refractivity contribution is 5.94. The second kappa shape index (κ2) is 6.24. The van der Waals surface area contributed by atoms with E-state index in [0.29, 0.717) is 18.0 Å². The minimum Gasteiger partial charge on any atom is -0.352 e. The van der Waals surface area contributed by atoms with Crippen LogP contribution in [0.2, 0.25) is 0 Å². The highest BCUT2D eigenvalue weighted by Crippen LogP contribution is 2.20. The first-order valence-corrected chi connectivity index (χ1v) is 7.36. The van der Waals surface area contributed by atoms with Crippen LogP contribution in [0.15, 0.2) is 24.3 Å². The molecule has 1 aromatic carbocycles. The summed E-state index contributed by atoms with van der Waals surface area (Å²) < 4.78 is 0. The van der Waals surface area contributed by atoms with Crippen LogP contribution in [0.1, 0.15) is 12.8 Å². The average molecular weight is 272 g/mol. The first-order valence-electron chi connectivity index (χ1n) is 7.36. The van der Waals surface area contributed by atoms with Gasteiger partial charge in [0.1, 0.15) is 0 Å². The van der Waals surface area contributed by atoms with E-state index >= 15 is 0 Å². The standard InChI is InChI=1S/C15H22N5/c16-15(19-12-6-8-17-10-12)20(14-7-9-18-11-14)13-4-2-1-3-5-13/h2-5,12,14,17-18H,6-11H2,(H2,16,19). The third-order valence-corrected chi connectivity index (χ3v) is 4.02. The fourth-order valence-electron chi connectivity index (χ4n) is 2.96. The summed E-state index contributed by atoms with van der Waals surface area (Å²) in [6.07, 6.45) is 2.16. The van der Waals surface area contributed by atoms with E-state index in [1.807, 2.05) is 24.3 Å². The van der Waals surface area contributed by atoms with Gasteiger partial charge in [0, 0.05) is 24.8 Å². The maximum Gasteiger partial charge on any atom is 0.196 e. The van der Waals surface area contributed by atoms with Gasteiger partial charge in [-0.3, -0.25) is 5.41 Å². The molecule has 2 aliphatic rings. The summed E-state index contributed by atoms with van der Waals surface area (Å²) in [5.41, 5.74) is 1.07. The van der Waals surface area contributed by atoms with Gasteiger partial charge in [0.15, 0.2) is 5.96 Å². The van der Waals surface area contributed by atoms with Gasteiger partial charge in [0.2, 0.25) is 0 Å². The molecule has 0 amide bonds. The third-order valence-electron chi connectivity index (χ3n) is 4.02. The summed E-state index contributed by atoms with van der Waals surface area (Å²) in [7, 11) is 0. The molecule has 1 radical (unpaired) electrons. The number of guanidine groups is 1. The molecule has 2 atom stereocenters. The van der Waals surface area contributed by atoms with E-state index in [-0.39, 0.29) is 0 Å². The van der Waals surface area contributed by atoms with E-state index in [0.717, 1.165) is 44.7 Å². The summed E-state index contributed by atoms with van der Waals surface area (Å²) in [4.78, 5) is 2.12. The lowest BCUT2D eigenvalue weighted by Gasteiger charge is -2.32. The number of hydrogen-bond donors (Lipinski definition) is 4. The van der Waals surface area contributed by atoms with E-state index in [2.05, 4.69) is 26.9 Å². The van der Waals surface area contributed by atoms with Crippen molar-refractivity contribution in [2.45, 2.75) is 24.9 Å². The van der Waals surface area contributed by atoms with Crippen LogP contribution < -0.4 is 20.9 Å². The molecule has 5 heteroatoms. The Morgan fingerprint density at radius 3 is 2.60 bits per heavy atom. The van der Waals surface area contributed by atoms with Crippen LogP contribution in [-0.2, 0) is 0 Å². The van der Waals surface area contributed by atoms with Gasteiger partial charge in [-0.25, -0.2) is 0 Å². The lowest BCUT2D eigenvalue weighted by molar-refractivity contribution is 0.632. The molecule has 20 heavy (non-hydrogen) atoms. The zero-order chi connectivity index (χ0) is 13.8. The molecule has 0 bridgehead atoms. The molecule has 1 aromatic rings. The smallest absolute Gasteiger partial charge is 0.196 e. The number of rotatable bonds is 3. The van der Waals surface area contributed by atoms with Gasteiger partial charge in [-0.05, 0) is 44.1 Å². The zero-order valence-corrected chi connectivity index (χ0v) is 11.7. The highest BCUT2D eigenvalue weighted by atomic mass is 15.3. The van der Waals surface area contributed by atoms with Crippen molar-refractivity contribution in [2.75, 3.05) is 31.1 Å². The van der Waals surface area contributed by atoms with E-state index in [1.165, 1.54) is 0 Å². The van der Waals surface area contributed by atoms with E-state index in [9.17, 15) is 0 Å². The van der Waals surface area contributed by atoms with Crippen molar-refractivity contribution in [3.63, 3.8) is 0 Å². The Balaban J connectivity index is 1.75. The van der Waals surface area contributed by atoms with Crippen LogP contribution in [0.3, 0.4) is 0 Å². The van der Waals surface area contributed by atoms with Gasteiger partial charge in [0.25, 0.3) is 0 Å². The number of hydrogen-bond acceptors (Lipinski definition) is 3. The SMILES string of the molecule is N=C(NC1CCNC1)N(c1cc[c]cc1)C1CCNC1. The summed E-state index contributed by atoms with van der Waals surface area (Å²) in [6.45, 7) is 3.95. The molecule has 2 aliphatic heterocycles. The number of anilines is 1. The van der Waals surface area contributed by atoms with E-state index in [4.69, 9.17) is 5.41 Å². The molecule has 107 valence electrons. The maximum atomic E-state index is 8.46. The second-order valence-corrected chi connectivity index (χ2v) is 5.46. The van der Waals surface area contributed by atoms with E-state index < -0.39 is 0 Å².